The summed E-state index contributed by atoms with van der Waals surface area (Å²) in [5.74, 6) is 1.95. The summed E-state index contributed by atoms with van der Waals surface area (Å²) in [7, 11) is 3.18. The zero-order valence-corrected chi connectivity index (χ0v) is 13.4. The third-order valence-electron chi connectivity index (χ3n) is 3.17. The van der Waals surface area contributed by atoms with Crippen LogP contribution in [0.25, 0.3) is 0 Å². The van der Waals surface area contributed by atoms with Gasteiger partial charge in [-0.1, -0.05) is 0 Å². The summed E-state index contributed by atoms with van der Waals surface area (Å²) < 4.78 is 38.0. The second-order valence-electron chi connectivity index (χ2n) is 4.61. The van der Waals surface area contributed by atoms with Gasteiger partial charge in [-0.2, -0.15) is 0 Å². The molecule has 6 heteroatoms. The third kappa shape index (κ3) is 3.99. The largest absolute Gasteiger partial charge is 0.768 e. The first-order chi connectivity index (χ1) is 10.5. The van der Waals surface area contributed by atoms with Crippen molar-refractivity contribution in [2.75, 3.05) is 14.2 Å². The predicted octanol–water partition coefficient (Wildman–Crippen LogP) is 3.08. The highest BCUT2D eigenvalue weighted by Gasteiger charge is 2.11. The van der Waals surface area contributed by atoms with Crippen molar-refractivity contribution in [1.82, 2.24) is 0 Å². The topological polar surface area (TPSA) is 67.8 Å². The molecular formula is C16H17O5S-. The highest BCUT2D eigenvalue weighted by atomic mass is 32.2. The molecule has 0 fully saturated rings. The summed E-state index contributed by atoms with van der Waals surface area (Å²) in [4.78, 5) is 0.225. The molecule has 0 aliphatic heterocycles. The molecule has 2 atom stereocenters. The molecule has 0 saturated heterocycles. The SMILES string of the molecule is COc1cc(OC)cc(C(C)Oc2ccc(S(=O)[O-])cc2)c1. The zero-order valence-electron chi connectivity index (χ0n) is 12.6. The van der Waals surface area contributed by atoms with Crippen LogP contribution >= 0.6 is 0 Å². The van der Waals surface area contributed by atoms with E-state index in [2.05, 4.69) is 0 Å². The molecule has 0 spiro atoms. The molecule has 2 rings (SSSR count). The van der Waals surface area contributed by atoms with Gasteiger partial charge in [0, 0.05) is 11.0 Å². The summed E-state index contributed by atoms with van der Waals surface area (Å²) in [6, 6.07) is 11.8. The Labute approximate surface area is 132 Å². The summed E-state index contributed by atoms with van der Waals surface area (Å²) >= 11 is -2.23. The van der Waals surface area contributed by atoms with E-state index in [1.807, 2.05) is 19.1 Å². The zero-order chi connectivity index (χ0) is 16.1. The van der Waals surface area contributed by atoms with E-state index in [4.69, 9.17) is 14.2 Å². The first-order valence-electron chi connectivity index (χ1n) is 6.62. The van der Waals surface area contributed by atoms with Crippen molar-refractivity contribution in [2.24, 2.45) is 0 Å². The van der Waals surface area contributed by atoms with E-state index in [1.54, 1.807) is 32.4 Å². The number of hydrogen-bond acceptors (Lipinski definition) is 5. The van der Waals surface area contributed by atoms with Crippen molar-refractivity contribution in [1.29, 1.82) is 0 Å². The normalized spacial score (nSPS) is 13.3. The van der Waals surface area contributed by atoms with E-state index in [0.29, 0.717) is 17.2 Å². The molecule has 118 valence electrons. The summed E-state index contributed by atoms with van der Waals surface area (Å²) in [6.45, 7) is 1.90. The molecule has 2 unspecified atom stereocenters. The Bertz CT molecular complexity index is 632. The van der Waals surface area contributed by atoms with Crippen molar-refractivity contribution in [3.8, 4) is 17.2 Å². The minimum Gasteiger partial charge on any atom is -0.768 e. The summed E-state index contributed by atoms with van der Waals surface area (Å²) in [6.07, 6.45) is -0.243. The van der Waals surface area contributed by atoms with Crippen LogP contribution in [0.15, 0.2) is 47.4 Å². The van der Waals surface area contributed by atoms with Crippen LogP contribution < -0.4 is 14.2 Å². The lowest BCUT2D eigenvalue weighted by Crippen LogP contribution is -2.04. The van der Waals surface area contributed by atoms with Crippen LogP contribution in [0.3, 0.4) is 0 Å². The maximum absolute atomic E-state index is 10.8. The lowest BCUT2D eigenvalue weighted by atomic mass is 10.1. The molecular weight excluding hydrogens is 304 g/mol. The van der Waals surface area contributed by atoms with Gasteiger partial charge in [0.2, 0.25) is 0 Å². The first kappa shape index (κ1) is 16.3. The Morgan fingerprint density at radius 3 is 1.95 bits per heavy atom. The Morgan fingerprint density at radius 1 is 0.955 bits per heavy atom. The Morgan fingerprint density at radius 2 is 1.50 bits per heavy atom. The van der Waals surface area contributed by atoms with E-state index in [9.17, 15) is 8.76 Å². The second kappa shape index (κ2) is 7.29. The standard InChI is InChI=1S/C16H18O5S/c1-11(12-8-14(19-2)10-15(9-12)20-3)21-13-4-6-16(7-5-13)22(17)18/h4-11H,1-3H3,(H,17,18)/p-1. The summed E-state index contributed by atoms with van der Waals surface area (Å²) in [5, 5.41) is 0. The fourth-order valence-corrected chi connectivity index (χ4v) is 2.32. The lowest BCUT2D eigenvalue weighted by molar-refractivity contribution is 0.225. The van der Waals surface area contributed by atoms with Gasteiger partial charge in [0.05, 0.1) is 14.2 Å². The molecule has 2 aromatic carbocycles. The van der Waals surface area contributed by atoms with Crippen LogP contribution in [-0.4, -0.2) is 23.0 Å². The number of hydrogen-bond donors (Lipinski definition) is 0. The lowest BCUT2D eigenvalue weighted by Gasteiger charge is -2.17. The Hall–Kier alpha value is -2.05. The van der Waals surface area contributed by atoms with Gasteiger partial charge in [-0.3, -0.25) is 4.21 Å². The van der Waals surface area contributed by atoms with Gasteiger partial charge >= 0.3 is 0 Å². The molecule has 0 heterocycles. The molecule has 0 aromatic heterocycles. The van der Waals surface area contributed by atoms with Crippen LogP contribution in [0, 0.1) is 0 Å². The third-order valence-corrected chi connectivity index (χ3v) is 3.83. The number of methoxy groups -OCH3 is 2. The Kier molecular flexibility index (Phi) is 5.41. The van der Waals surface area contributed by atoms with Crippen LogP contribution in [0.2, 0.25) is 0 Å². The van der Waals surface area contributed by atoms with Crippen molar-refractivity contribution in [2.45, 2.75) is 17.9 Å². The maximum Gasteiger partial charge on any atom is 0.122 e. The summed E-state index contributed by atoms with van der Waals surface area (Å²) in [5.41, 5.74) is 0.896. The van der Waals surface area contributed by atoms with Gasteiger partial charge in [0.1, 0.15) is 23.4 Å². The first-order valence-corrected chi connectivity index (χ1v) is 7.70. The highest BCUT2D eigenvalue weighted by molar-refractivity contribution is 7.79. The average Bonchev–Trinajstić information content (AvgIpc) is 2.54. The van der Waals surface area contributed by atoms with E-state index in [1.165, 1.54) is 12.1 Å². The fraction of sp³-hybridized carbons (Fsp3) is 0.250. The van der Waals surface area contributed by atoms with Gasteiger partial charge in [-0.15, -0.1) is 0 Å². The van der Waals surface area contributed by atoms with Crippen LogP contribution in [0.5, 0.6) is 17.2 Å². The molecule has 0 aliphatic rings. The fourth-order valence-electron chi connectivity index (χ4n) is 1.97. The van der Waals surface area contributed by atoms with Gasteiger partial charge < -0.3 is 18.8 Å². The highest BCUT2D eigenvalue weighted by Crippen LogP contribution is 2.29. The average molecular weight is 321 g/mol. The monoisotopic (exact) mass is 321 g/mol. The molecule has 0 bridgehead atoms. The maximum atomic E-state index is 10.8. The van der Waals surface area contributed by atoms with Gasteiger partial charge in [0.15, 0.2) is 0 Å². The van der Waals surface area contributed by atoms with E-state index in [-0.39, 0.29) is 11.0 Å². The number of rotatable bonds is 6. The van der Waals surface area contributed by atoms with Crippen LogP contribution in [0.4, 0.5) is 0 Å². The molecule has 5 nitrogen and oxygen atoms in total. The second-order valence-corrected chi connectivity index (χ2v) is 5.55. The van der Waals surface area contributed by atoms with Gasteiger partial charge in [-0.25, -0.2) is 0 Å². The van der Waals surface area contributed by atoms with Crippen LogP contribution in [0.1, 0.15) is 18.6 Å². The molecule has 0 N–H and O–H groups in total. The van der Waals surface area contributed by atoms with Gasteiger partial charge in [-0.05, 0) is 60.0 Å². The van der Waals surface area contributed by atoms with Crippen LogP contribution in [-0.2, 0) is 11.1 Å². The van der Waals surface area contributed by atoms with E-state index in [0.717, 1.165) is 5.56 Å². The van der Waals surface area contributed by atoms with Crippen molar-refractivity contribution in [3.63, 3.8) is 0 Å². The van der Waals surface area contributed by atoms with Gasteiger partial charge in [0.25, 0.3) is 0 Å². The number of benzene rings is 2. The van der Waals surface area contributed by atoms with E-state index < -0.39 is 11.1 Å². The minimum atomic E-state index is -2.23. The van der Waals surface area contributed by atoms with Crippen molar-refractivity contribution in [3.05, 3.63) is 48.0 Å². The van der Waals surface area contributed by atoms with Crippen molar-refractivity contribution >= 4 is 11.1 Å². The quantitative estimate of drug-likeness (QED) is 0.765. The molecule has 0 aliphatic carbocycles. The molecule has 0 amide bonds. The molecule has 0 radical (unpaired) electrons. The molecule has 0 saturated carbocycles. The van der Waals surface area contributed by atoms with E-state index >= 15 is 0 Å². The minimum absolute atomic E-state index is 0.225. The molecule has 2 aromatic rings. The van der Waals surface area contributed by atoms with Crippen molar-refractivity contribution < 1.29 is 23.0 Å². The molecule has 22 heavy (non-hydrogen) atoms. The Balaban J connectivity index is 2.17. The predicted molar refractivity (Wildman–Crippen MR) is 82.2 cm³/mol. The number of ether oxygens (including phenoxy) is 3. The smallest absolute Gasteiger partial charge is 0.122 e.